The molecule has 17 heteroatoms. The molecule has 268 valence electrons. The maximum Gasteiger partial charge on any atom is 0.325 e. The van der Waals surface area contributed by atoms with Gasteiger partial charge in [0.2, 0.25) is 5.91 Å². The number of ether oxygens (including phenoxy) is 2. The number of allylic oxidation sites excluding steroid dienone is 2. The number of thioether (sulfide) groups is 2. The molecule has 0 radical (unpaired) electrons. The maximum atomic E-state index is 12.0. The highest BCUT2D eigenvalue weighted by Crippen LogP contribution is 2.40. The lowest BCUT2D eigenvalue weighted by Crippen LogP contribution is -2.44. The second-order valence-electron chi connectivity index (χ2n) is 11.6. The van der Waals surface area contributed by atoms with Gasteiger partial charge in [0.15, 0.2) is 0 Å². The van der Waals surface area contributed by atoms with Gasteiger partial charge in [0.05, 0.1) is 6.04 Å². The van der Waals surface area contributed by atoms with Crippen LogP contribution in [-0.2, 0) is 14.3 Å². The van der Waals surface area contributed by atoms with E-state index in [-0.39, 0.29) is 37.1 Å². The summed E-state index contributed by atoms with van der Waals surface area (Å²) in [6.45, 7) is 1.23. The number of carbonyl (C=O) groups excluding carboxylic acids is 2. The van der Waals surface area contributed by atoms with E-state index in [9.17, 15) is 9.59 Å². The Morgan fingerprint density at radius 3 is 2.57 bits per heavy atom. The number of amides is 1. The number of halogens is 1. The number of nitrogens with two attached hydrogens (primary N) is 1. The molecule has 1 amide bonds. The van der Waals surface area contributed by atoms with E-state index in [2.05, 4.69) is 36.3 Å². The Kier molecular flexibility index (Phi) is 13.7. The van der Waals surface area contributed by atoms with Gasteiger partial charge in [-0.2, -0.15) is 0 Å². The minimum Gasteiger partial charge on any atom is -0.490 e. The number of esters is 1. The molecule has 2 aromatic rings. The molecule has 3 aliphatic rings. The molecule has 5 rings (SSSR count). The Morgan fingerprint density at radius 1 is 1.14 bits per heavy atom. The van der Waals surface area contributed by atoms with Gasteiger partial charge in [0.1, 0.15) is 42.1 Å². The smallest absolute Gasteiger partial charge is 0.325 e. The van der Waals surface area contributed by atoms with Crippen molar-refractivity contribution in [2.45, 2.75) is 29.6 Å². The average molecular weight is 751 g/mol. The Hall–Kier alpha value is -4.60. The number of dihydropyridines is 1. The van der Waals surface area contributed by atoms with Crippen LogP contribution in [0.5, 0.6) is 5.75 Å². The molecule has 2 aromatic carbocycles. The summed E-state index contributed by atoms with van der Waals surface area (Å²) < 4.78 is 10.9. The van der Waals surface area contributed by atoms with Crippen molar-refractivity contribution in [2.24, 2.45) is 10.8 Å². The summed E-state index contributed by atoms with van der Waals surface area (Å²) in [5.74, 6) is 0.855. The van der Waals surface area contributed by atoms with E-state index in [1.54, 1.807) is 35.7 Å². The van der Waals surface area contributed by atoms with Crippen LogP contribution in [0.1, 0.15) is 29.3 Å². The van der Waals surface area contributed by atoms with Gasteiger partial charge in [0, 0.05) is 70.2 Å². The lowest BCUT2D eigenvalue weighted by atomic mass is 9.90. The molecule has 0 saturated carbocycles. The van der Waals surface area contributed by atoms with Gasteiger partial charge in [-0.25, -0.2) is 0 Å². The molecule has 3 atom stereocenters. The van der Waals surface area contributed by atoms with Gasteiger partial charge in [-0.1, -0.05) is 41.0 Å². The Morgan fingerprint density at radius 2 is 1.88 bits per heavy atom. The number of azide groups is 1. The number of hydrogen-bond acceptors (Lipinski definition) is 13. The minimum absolute atomic E-state index is 0.0426. The molecule has 3 aliphatic heterocycles. The zero-order valence-corrected chi connectivity index (χ0v) is 30.0. The molecule has 2 unspecified atom stereocenters. The summed E-state index contributed by atoms with van der Waals surface area (Å²) in [5, 5.41) is 32.5. The first-order valence-electron chi connectivity index (χ1n) is 16.2. The van der Waals surface area contributed by atoms with Crippen LogP contribution in [0.15, 0.2) is 81.7 Å². The summed E-state index contributed by atoms with van der Waals surface area (Å²) in [4.78, 5) is 28.7. The number of likely N-dealkylation sites (tertiary alicyclic amines) is 1. The number of benzene rings is 2. The summed E-state index contributed by atoms with van der Waals surface area (Å²) in [6.07, 6.45) is 4.90. The first-order valence-corrected chi connectivity index (χ1v) is 18.6. The second-order valence-corrected chi connectivity index (χ2v) is 14.1. The van der Waals surface area contributed by atoms with E-state index >= 15 is 0 Å². The molecular formula is C34H39ClN10O4S2. The molecule has 3 heterocycles. The van der Waals surface area contributed by atoms with Gasteiger partial charge in [-0.05, 0) is 59.2 Å². The fraction of sp³-hybridized carbons (Fsp3) is 0.353. The first-order chi connectivity index (χ1) is 24.8. The molecule has 0 bridgehead atoms. The van der Waals surface area contributed by atoms with Crippen LogP contribution in [0.3, 0.4) is 0 Å². The summed E-state index contributed by atoms with van der Waals surface area (Å²) >= 11 is 9.50. The lowest BCUT2D eigenvalue weighted by Gasteiger charge is -2.36. The summed E-state index contributed by atoms with van der Waals surface area (Å²) in [7, 11) is 0. The van der Waals surface area contributed by atoms with Crippen molar-refractivity contribution in [1.29, 1.82) is 10.8 Å². The number of hydrogen-bond donors (Lipinski definition) is 6. The van der Waals surface area contributed by atoms with E-state index in [0.717, 1.165) is 65.3 Å². The monoisotopic (exact) mass is 750 g/mol. The highest BCUT2D eigenvalue weighted by atomic mass is 35.5. The van der Waals surface area contributed by atoms with Crippen molar-refractivity contribution < 1.29 is 19.1 Å². The molecule has 51 heavy (non-hydrogen) atoms. The van der Waals surface area contributed by atoms with Crippen molar-refractivity contribution in [3.8, 4) is 5.75 Å². The Balaban J connectivity index is 1.22. The zero-order valence-electron chi connectivity index (χ0n) is 27.6. The quantitative estimate of drug-likeness (QED) is 0.0321. The Labute approximate surface area is 309 Å². The molecule has 0 aromatic heterocycles. The third-order valence-electron chi connectivity index (χ3n) is 8.17. The van der Waals surface area contributed by atoms with Crippen molar-refractivity contribution in [3.05, 3.63) is 103 Å². The molecule has 14 nitrogen and oxygen atoms in total. The van der Waals surface area contributed by atoms with Gasteiger partial charge < -0.3 is 46.9 Å². The normalized spacial score (nSPS) is 18.9. The molecule has 0 aliphatic carbocycles. The fourth-order valence-corrected chi connectivity index (χ4v) is 7.94. The highest BCUT2D eigenvalue weighted by Gasteiger charge is 2.32. The largest absolute Gasteiger partial charge is 0.490 e. The zero-order chi connectivity index (χ0) is 36.2. The van der Waals surface area contributed by atoms with E-state index in [4.69, 9.17) is 43.2 Å². The van der Waals surface area contributed by atoms with E-state index < -0.39 is 17.9 Å². The van der Waals surface area contributed by atoms with Crippen LogP contribution < -0.4 is 26.4 Å². The molecular weight excluding hydrogens is 712 g/mol. The molecule has 1 saturated heterocycles. The molecule has 7 N–H and O–H groups in total. The Bertz CT molecular complexity index is 1740. The van der Waals surface area contributed by atoms with Crippen LogP contribution in [0.4, 0.5) is 0 Å². The number of nitrogens with one attached hydrogen (secondary N) is 5. The summed E-state index contributed by atoms with van der Waals surface area (Å²) in [6, 6.07) is 14.2. The van der Waals surface area contributed by atoms with Crippen LogP contribution in [0.25, 0.3) is 16.0 Å². The van der Waals surface area contributed by atoms with Gasteiger partial charge in [-0.3, -0.25) is 9.59 Å². The van der Waals surface area contributed by atoms with Crippen molar-refractivity contribution >= 4 is 65.0 Å². The lowest BCUT2D eigenvalue weighted by molar-refractivity contribution is -0.144. The van der Waals surface area contributed by atoms with E-state index in [0.29, 0.717) is 16.5 Å². The number of nitrogens with zero attached hydrogens (tertiary/aromatic N) is 4. The average Bonchev–Trinajstić information content (AvgIpc) is 3.87. The predicted molar refractivity (Wildman–Crippen MR) is 203 cm³/mol. The maximum absolute atomic E-state index is 12.0. The van der Waals surface area contributed by atoms with Crippen molar-refractivity contribution in [1.82, 2.24) is 20.9 Å². The fourth-order valence-electron chi connectivity index (χ4n) is 5.65. The van der Waals surface area contributed by atoms with Crippen LogP contribution in [-0.4, -0.2) is 85.8 Å². The predicted octanol–water partition coefficient (Wildman–Crippen LogP) is 4.92. The number of rotatable bonds is 17. The minimum atomic E-state index is -1.06. The molecule has 1 fully saturated rings. The topological polar surface area (TPSA) is 214 Å². The summed E-state index contributed by atoms with van der Waals surface area (Å²) in [5.41, 5.74) is 19.3. The van der Waals surface area contributed by atoms with Gasteiger partial charge in [-0.15, -0.1) is 23.5 Å². The third kappa shape index (κ3) is 10.0. The molecule has 0 spiro atoms. The van der Waals surface area contributed by atoms with E-state index in [1.165, 1.54) is 12.4 Å². The van der Waals surface area contributed by atoms with Crippen LogP contribution >= 0.6 is 35.1 Å². The SMILES string of the molecule is [N-]=[N+]=NC[C@H](N)C(=O)NCC(=O)OCCOc1ccc(C2=C(C=N)C(SCC3=CSC(c4ccc(Cl)cc4)N3)NC(N3CCCC3)=C2C=N)cc1. The van der Waals surface area contributed by atoms with Crippen molar-refractivity contribution in [3.63, 3.8) is 0 Å². The van der Waals surface area contributed by atoms with Crippen LogP contribution in [0, 0.1) is 10.8 Å². The van der Waals surface area contributed by atoms with E-state index in [1.807, 2.05) is 36.4 Å². The standard InChI is InChI=1S/C34H39ClN10O4S2/c35-23-7-3-22(4-8-23)33-42-24(19-50-33)20-51-34-27(16-37)30(26(15-36)31(43-34)45-11-1-2-12-45)21-5-9-25(10-6-21)48-13-14-49-29(46)18-40-32(47)28(38)17-41-44-39/h3-10,15-16,19,28,33-34,36-37,42-43H,1-2,11-14,17-18,20,38H2,(H,40,47)/t28-,33?,34?/m0/s1. The first kappa shape index (κ1) is 37.7. The highest BCUT2D eigenvalue weighted by molar-refractivity contribution is 8.03. The second kappa shape index (κ2) is 18.6. The third-order valence-corrected chi connectivity index (χ3v) is 10.7. The number of carbonyl (C=O) groups is 2. The van der Waals surface area contributed by atoms with Crippen molar-refractivity contribution in [2.75, 3.05) is 45.1 Å². The van der Waals surface area contributed by atoms with Gasteiger partial charge >= 0.3 is 5.97 Å². The van der Waals surface area contributed by atoms with Gasteiger partial charge in [0.25, 0.3) is 0 Å². The van der Waals surface area contributed by atoms with Crippen LogP contribution in [0.2, 0.25) is 5.02 Å².